The minimum Gasteiger partial charge on any atom is -0.396 e. The molecule has 1 aromatic carbocycles. The third-order valence-electron chi connectivity index (χ3n) is 2.99. The first-order chi connectivity index (χ1) is 6.72. The normalized spacial score (nSPS) is 24.8. The highest BCUT2D eigenvalue weighted by Gasteiger charge is 2.37. The minimum atomic E-state index is 0.333. The van der Waals surface area contributed by atoms with Crippen LogP contribution in [0.4, 0.5) is 5.69 Å². The van der Waals surface area contributed by atoms with E-state index in [2.05, 4.69) is 29.2 Å². The minimum absolute atomic E-state index is 0.333. The maximum atomic E-state index is 8.97. The summed E-state index contributed by atoms with van der Waals surface area (Å²) in [5.74, 6) is 1.12. The van der Waals surface area contributed by atoms with E-state index in [4.69, 9.17) is 5.11 Å². The van der Waals surface area contributed by atoms with Crippen LogP contribution in [0, 0.1) is 5.92 Å². The van der Waals surface area contributed by atoms with E-state index in [1.165, 1.54) is 11.3 Å². The molecule has 2 heteroatoms. The van der Waals surface area contributed by atoms with E-state index in [1.807, 2.05) is 14.1 Å². The molecular formula is C12H17NO. The Hall–Kier alpha value is -1.02. The SMILES string of the molecule is CN(C)c1ccc([C@H]2C[C@@H]2CO)cc1. The first-order valence-electron chi connectivity index (χ1n) is 5.10. The fourth-order valence-electron chi connectivity index (χ4n) is 1.88. The van der Waals surface area contributed by atoms with Crippen molar-refractivity contribution >= 4 is 5.69 Å². The van der Waals surface area contributed by atoms with Gasteiger partial charge < -0.3 is 10.0 Å². The highest BCUT2D eigenvalue weighted by atomic mass is 16.3. The molecule has 1 aliphatic rings. The van der Waals surface area contributed by atoms with E-state index < -0.39 is 0 Å². The van der Waals surface area contributed by atoms with E-state index in [0.717, 1.165) is 6.42 Å². The molecule has 0 spiro atoms. The van der Waals surface area contributed by atoms with Crippen LogP contribution in [0.25, 0.3) is 0 Å². The van der Waals surface area contributed by atoms with Gasteiger partial charge in [0.25, 0.3) is 0 Å². The third kappa shape index (κ3) is 1.75. The van der Waals surface area contributed by atoms with Crippen molar-refractivity contribution in [1.29, 1.82) is 0 Å². The molecule has 1 aliphatic carbocycles. The second-order valence-electron chi connectivity index (χ2n) is 4.27. The van der Waals surface area contributed by atoms with Crippen LogP contribution >= 0.6 is 0 Å². The van der Waals surface area contributed by atoms with Gasteiger partial charge in [-0.25, -0.2) is 0 Å². The maximum absolute atomic E-state index is 8.97. The van der Waals surface area contributed by atoms with Gasteiger partial charge in [-0.2, -0.15) is 0 Å². The van der Waals surface area contributed by atoms with Crippen LogP contribution in [0.5, 0.6) is 0 Å². The average Bonchev–Trinajstić information content (AvgIpc) is 2.97. The van der Waals surface area contributed by atoms with Gasteiger partial charge in [0.1, 0.15) is 0 Å². The summed E-state index contributed by atoms with van der Waals surface area (Å²) in [4.78, 5) is 2.10. The lowest BCUT2D eigenvalue weighted by Gasteiger charge is -2.12. The first-order valence-corrected chi connectivity index (χ1v) is 5.10. The Balaban J connectivity index is 2.08. The van der Waals surface area contributed by atoms with E-state index in [1.54, 1.807) is 0 Å². The van der Waals surface area contributed by atoms with E-state index in [-0.39, 0.29) is 0 Å². The standard InChI is InChI=1S/C12H17NO/c1-13(2)11-5-3-9(4-6-11)12-7-10(12)8-14/h3-6,10,12,14H,7-8H2,1-2H3/t10-,12-/m1/s1. The lowest BCUT2D eigenvalue weighted by molar-refractivity contribution is 0.274. The summed E-state index contributed by atoms with van der Waals surface area (Å²) in [5.41, 5.74) is 2.60. The molecule has 76 valence electrons. The van der Waals surface area contributed by atoms with Gasteiger partial charge in [0.2, 0.25) is 0 Å². The van der Waals surface area contributed by atoms with Crippen molar-refractivity contribution in [2.24, 2.45) is 5.92 Å². The Morgan fingerprint density at radius 2 is 1.93 bits per heavy atom. The Bertz CT molecular complexity index is 305. The number of nitrogens with zero attached hydrogens (tertiary/aromatic N) is 1. The Morgan fingerprint density at radius 1 is 1.29 bits per heavy atom. The summed E-state index contributed by atoms with van der Waals surface area (Å²) in [6.07, 6.45) is 1.15. The van der Waals surface area contributed by atoms with E-state index in [9.17, 15) is 0 Å². The zero-order chi connectivity index (χ0) is 10.1. The molecule has 2 atom stereocenters. The average molecular weight is 191 g/mol. The number of rotatable bonds is 3. The van der Waals surface area contributed by atoms with Crippen molar-refractivity contribution in [2.45, 2.75) is 12.3 Å². The predicted molar refractivity (Wildman–Crippen MR) is 58.7 cm³/mol. The van der Waals surface area contributed by atoms with Gasteiger partial charge in [-0.3, -0.25) is 0 Å². The van der Waals surface area contributed by atoms with Crippen molar-refractivity contribution in [2.75, 3.05) is 25.6 Å². The number of anilines is 1. The number of aliphatic hydroxyl groups excluding tert-OH is 1. The van der Waals surface area contributed by atoms with E-state index in [0.29, 0.717) is 18.4 Å². The number of hydrogen-bond acceptors (Lipinski definition) is 2. The van der Waals surface area contributed by atoms with Crippen LogP contribution in [-0.4, -0.2) is 25.8 Å². The molecule has 1 N–H and O–H groups in total. The van der Waals surface area contributed by atoms with Gasteiger partial charge in [0.15, 0.2) is 0 Å². The van der Waals surface area contributed by atoms with E-state index >= 15 is 0 Å². The highest BCUT2D eigenvalue weighted by Crippen LogP contribution is 2.47. The number of hydrogen-bond donors (Lipinski definition) is 1. The topological polar surface area (TPSA) is 23.5 Å². The first kappa shape index (κ1) is 9.53. The van der Waals surface area contributed by atoms with Gasteiger partial charge in [-0.1, -0.05) is 12.1 Å². The Labute approximate surface area is 85.2 Å². The Kier molecular flexibility index (Phi) is 2.46. The second-order valence-corrected chi connectivity index (χ2v) is 4.27. The third-order valence-corrected chi connectivity index (χ3v) is 2.99. The van der Waals surface area contributed by atoms with Crippen molar-refractivity contribution < 1.29 is 5.11 Å². The summed E-state index contributed by atoms with van der Waals surface area (Å²) >= 11 is 0. The molecule has 1 aromatic rings. The molecule has 0 amide bonds. The molecule has 2 rings (SSSR count). The molecule has 0 saturated heterocycles. The summed E-state index contributed by atoms with van der Waals surface area (Å²) < 4.78 is 0. The molecule has 0 heterocycles. The molecular weight excluding hydrogens is 174 g/mol. The van der Waals surface area contributed by atoms with Gasteiger partial charge in [0, 0.05) is 26.4 Å². The zero-order valence-corrected chi connectivity index (χ0v) is 8.77. The van der Waals surface area contributed by atoms with Crippen LogP contribution < -0.4 is 4.90 Å². The lowest BCUT2D eigenvalue weighted by atomic mass is 10.1. The molecule has 0 bridgehead atoms. The lowest BCUT2D eigenvalue weighted by Crippen LogP contribution is -2.08. The molecule has 1 fully saturated rings. The van der Waals surface area contributed by atoms with Crippen LogP contribution in [0.2, 0.25) is 0 Å². The quantitative estimate of drug-likeness (QED) is 0.788. The molecule has 0 aromatic heterocycles. The van der Waals surface area contributed by atoms with Crippen LogP contribution in [-0.2, 0) is 0 Å². The molecule has 0 radical (unpaired) electrons. The summed E-state index contributed by atoms with van der Waals surface area (Å²) in [6.45, 7) is 0.333. The van der Waals surface area contributed by atoms with Crippen LogP contribution in [0.3, 0.4) is 0 Å². The second kappa shape index (κ2) is 3.62. The predicted octanol–water partition coefficient (Wildman–Crippen LogP) is 1.85. The maximum Gasteiger partial charge on any atom is 0.0465 e. The molecule has 14 heavy (non-hydrogen) atoms. The van der Waals surface area contributed by atoms with Gasteiger partial charge >= 0.3 is 0 Å². The monoisotopic (exact) mass is 191 g/mol. The summed E-state index contributed by atoms with van der Waals surface area (Å²) in [5, 5.41) is 8.97. The van der Waals surface area contributed by atoms with Crippen molar-refractivity contribution in [3.05, 3.63) is 29.8 Å². The molecule has 1 saturated carbocycles. The van der Waals surface area contributed by atoms with Crippen LogP contribution in [0.1, 0.15) is 17.9 Å². The van der Waals surface area contributed by atoms with Crippen molar-refractivity contribution in [3.8, 4) is 0 Å². The number of aliphatic hydroxyl groups is 1. The summed E-state index contributed by atoms with van der Waals surface area (Å²) in [6, 6.07) is 8.63. The van der Waals surface area contributed by atoms with Gasteiger partial charge in [0.05, 0.1) is 0 Å². The number of benzene rings is 1. The molecule has 0 unspecified atom stereocenters. The van der Waals surface area contributed by atoms with Crippen molar-refractivity contribution in [3.63, 3.8) is 0 Å². The highest BCUT2D eigenvalue weighted by molar-refractivity contribution is 5.47. The molecule has 0 aliphatic heterocycles. The van der Waals surface area contributed by atoms with Crippen molar-refractivity contribution in [1.82, 2.24) is 0 Å². The fourth-order valence-corrected chi connectivity index (χ4v) is 1.88. The summed E-state index contributed by atoms with van der Waals surface area (Å²) in [7, 11) is 4.09. The largest absolute Gasteiger partial charge is 0.396 e. The van der Waals surface area contributed by atoms with Crippen LogP contribution in [0.15, 0.2) is 24.3 Å². The zero-order valence-electron chi connectivity index (χ0n) is 8.77. The molecule has 2 nitrogen and oxygen atoms in total. The van der Waals surface area contributed by atoms with Gasteiger partial charge in [-0.15, -0.1) is 0 Å². The smallest absolute Gasteiger partial charge is 0.0465 e. The Morgan fingerprint density at radius 3 is 2.36 bits per heavy atom. The van der Waals surface area contributed by atoms with Gasteiger partial charge in [-0.05, 0) is 36.0 Å². The fraction of sp³-hybridized carbons (Fsp3) is 0.500.